The molecule has 2 N–H and O–H groups in total. The van der Waals surface area contributed by atoms with E-state index in [9.17, 15) is 24.8 Å². The average molecular weight is 499 g/mol. The third-order valence-electron chi connectivity index (χ3n) is 6.16. The van der Waals surface area contributed by atoms with Gasteiger partial charge in [0.15, 0.2) is 11.5 Å². The Morgan fingerprint density at radius 3 is 2.66 bits per heavy atom. The number of methoxy groups -OCH3 is 1. The van der Waals surface area contributed by atoms with Crippen LogP contribution in [0.25, 0.3) is 0 Å². The first-order valence-electron chi connectivity index (χ1n) is 11.2. The monoisotopic (exact) mass is 498 g/mol. The molecule has 1 aromatic heterocycles. The summed E-state index contributed by atoms with van der Waals surface area (Å²) in [4.78, 5) is 38.8. The number of ketones is 1. The predicted molar refractivity (Wildman–Crippen MR) is 129 cm³/mol. The van der Waals surface area contributed by atoms with Crippen molar-refractivity contribution in [2.75, 3.05) is 7.11 Å². The smallest absolute Gasteiger partial charge is 0.337 e. The molecule has 10 heteroatoms. The van der Waals surface area contributed by atoms with Crippen molar-refractivity contribution in [1.82, 2.24) is 5.32 Å². The quantitative estimate of drug-likeness (QED) is 0.334. The van der Waals surface area contributed by atoms with Crippen LogP contribution in [0.15, 0.2) is 52.2 Å². The molecule has 2 aliphatic rings. The van der Waals surface area contributed by atoms with E-state index in [4.69, 9.17) is 9.47 Å². The Bertz CT molecular complexity index is 1260. The number of Topliss-reactive ketones (excluding diaryl/α,β-unsaturated/α-hetero) is 1. The summed E-state index contributed by atoms with van der Waals surface area (Å²) in [7, 11) is 1.28. The Balaban J connectivity index is 1.91. The predicted octanol–water partition coefficient (Wildman–Crippen LogP) is 4.68. The molecule has 0 saturated heterocycles. The first kappa shape index (κ1) is 24.5. The van der Waals surface area contributed by atoms with E-state index < -0.39 is 34.4 Å². The summed E-state index contributed by atoms with van der Waals surface area (Å²) in [5.74, 6) is -2.44. The van der Waals surface area contributed by atoms with Crippen LogP contribution in [0.5, 0.6) is 11.5 Å². The van der Waals surface area contributed by atoms with E-state index in [-0.39, 0.29) is 29.4 Å². The number of thiophene rings is 1. The van der Waals surface area contributed by atoms with Crippen LogP contribution in [0.3, 0.4) is 0 Å². The number of hydrogen-bond acceptors (Lipinski definition) is 9. The Morgan fingerprint density at radius 1 is 1.31 bits per heavy atom. The van der Waals surface area contributed by atoms with Crippen LogP contribution in [0.1, 0.15) is 55.9 Å². The normalized spacial score (nSPS) is 20.0. The number of benzene rings is 1. The SMILES string of the molecule is COc1cc([C@H]2C(C(=O)OC(C)C)=C(C)NC3=C2C(=O)C[C@@H](c2cccs2)C3)cc([N+](=O)[O-])c1O. The van der Waals surface area contributed by atoms with Crippen molar-refractivity contribution in [3.8, 4) is 11.5 Å². The molecule has 184 valence electrons. The maximum atomic E-state index is 13.6. The average Bonchev–Trinajstić information content (AvgIpc) is 3.32. The molecule has 1 aliphatic carbocycles. The number of esters is 1. The van der Waals surface area contributed by atoms with Gasteiger partial charge in [-0.15, -0.1) is 11.3 Å². The number of aromatic hydroxyl groups is 1. The molecule has 2 atom stereocenters. The molecule has 1 aromatic carbocycles. The minimum Gasteiger partial charge on any atom is -0.500 e. The highest BCUT2D eigenvalue weighted by molar-refractivity contribution is 7.10. The van der Waals surface area contributed by atoms with E-state index in [1.165, 1.54) is 19.2 Å². The molecule has 4 rings (SSSR count). The van der Waals surface area contributed by atoms with Gasteiger partial charge in [0.2, 0.25) is 5.75 Å². The lowest BCUT2D eigenvalue weighted by molar-refractivity contribution is -0.386. The fourth-order valence-corrected chi connectivity index (χ4v) is 5.55. The van der Waals surface area contributed by atoms with Crippen LogP contribution < -0.4 is 10.1 Å². The van der Waals surface area contributed by atoms with Gasteiger partial charge in [0.05, 0.1) is 23.7 Å². The molecule has 2 heterocycles. The van der Waals surface area contributed by atoms with Gasteiger partial charge in [-0.05, 0) is 50.3 Å². The van der Waals surface area contributed by atoms with Gasteiger partial charge in [-0.1, -0.05) is 6.07 Å². The highest BCUT2D eigenvalue weighted by Crippen LogP contribution is 2.49. The van der Waals surface area contributed by atoms with Crippen LogP contribution in [0, 0.1) is 10.1 Å². The summed E-state index contributed by atoms with van der Waals surface area (Å²) in [6.45, 7) is 5.16. The van der Waals surface area contributed by atoms with Gasteiger partial charge >= 0.3 is 11.7 Å². The molecule has 1 aliphatic heterocycles. The van der Waals surface area contributed by atoms with Gasteiger partial charge in [0, 0.05) is 46.2 Å². The molecule has 2 aromatic rings. The van der Waals surface area contributed by atoms with Gasteiger partial charge in [-0.2, -0.15) is 0 Å². The van der Waals surface area contributed by atoms with Gasteiger partial charge in [-0.3, -0.25) is 14.9 Å². The van der Waals surface area contributed by atoms with Crippen molar-refractivity contribution in [3.05, 3.63) is 72.7 Å². The van der Waals surface area contributed by atoms with Crippen molar-refractivity contribution in [1.29, 1.82) is 0 Å². The third kappa shape index (κ3) is 4.53. The fraction of sp³-hybridized carbons (Fsp3) is 0.360. The van der Waals surface area contributed by atoms with E-state index in [1.54, 1.807) is 32.1 Å². The zero-order valence-corrected chi connectivity index (χ0v) is 20.6. The van der Waals surface area contributed by atoms with Crippen molar-refractivity contribution < 1.29 is 29.1 Å². The lowest BCUT2D eigenvalue weighted by Crippen LogP contribution is -2.36. The number of carbonyl (C=O) groups is 2. The Kier molecular flexibility index (Phi) is 6.66. The zero-order valence-electron chi connectivity index (χ0n) is 19.8. The summed E-state index contributed by atoms with van der Waals surface area (Å²) in [6, 6.07) is 6.56. The number of carbonyl (C=O) groups excluding carboxylic acids is 2. The van der Waals surface area contributed by atoms with E-state index >= 15 is 0 Å². The summed E-state index contributed by atoms with van der Waals surface area (Å²) < 4.78 is 10.7. The number of nitro groups is 1. The van der Waals surface area contributed by atoms with Crippen LogP contribution in [0.4, 0.5) is 5.69 Å². The third-order valence-corrected chi connectivity index (χ3v) is 7.20. The summed E-state index contributed by atoms with van der Waals surface area (Å²) in [6.07, 6.45) is 0.396. The van der Waals surface area contributed by atoms with E-state index in [0.717, 1.165) is 4.88 Å². The highest BCUT2D eigenvalue weighted by atomic mass is 32.1. The molecule has 0 unspecified atom stereocenters. The maximum absolute atomic E-state index is 13.6. The molecule has 0 fully saturated rings. The number of ether oxygens (including phenoxy) is 2. The molecule has 35 heavy (non-hydrogen) atoms. The molecule has 0 spiro atoms. The minimum absolute atomic E-state index is 0.00458. The van der Waals surface area contributed by atoms with E-state index in [1.807, 2.05) is 17.5 Å². The van der Waals surface area contributed by atoms with Gasteiger partial charge in [-0.25, -0.2) is 4.79 Å². The number of phenolic OH excluding ortho intramolecular Hbond substituents is 1. The fourth-order valence-electron chi connectivity index (χ4n) is 4.72. The number of phenols is 1. The molecule has 0 amide bonds. The molecule has 0 bridgehead atoms. The number of allylic oxidation sites excluding steroid dienone is 3. The van der Waals surface area contributed by atoms with Crippen LogP contribution in [-0.4, -0.2) is 35.0 Å². The number of hydrogen-bond donors (Lipinski definition) is 2. The Labute approximate surface area is 206 Å². The zero-order chi connectivity index (χ0) is 25.4. The van der Waals surface area contributed by atoms with E-state index in [2.05, 4.69) is 5.32 Å². The largest absolute Gasteiger partial charge is 0.500 e. The second-order valence-electron chi connectivity index (χ2n) is 8.83. The highest BCUT2D eigenvalue weighted by Gasteiger charge is 2.42. The second-order valence-corrected chi connectivity index (χ2v) is 9.81. The van der Waals surface area contributed by atoms with Crippen LogP contribution in [0.2, 0.25) is 0 Å². The number of nitro benzene ring substituents is 1. The maximum Gasteiger partial charge on any atom is 0.337 e. The van der Waals surface area contributed by atoms with Crippen molar-refractivity contribution in [3.63, 3.8) is 0 Å². The molecule has 0 radical (unpaired) electrons. The molecule has 9 nitrogen and oxygen atoms in total. The summed E-state index contributed by atoms with van der Waals surface area (Å²) in [5.41, 5.74) is 1.47. The van der Waals surface area contributed by atoms with E-state index in [0.29, 0.717) is 29.0 Å². The topological polar surface area (TPSA) is 128 Å². The minimum atomic E-state index is -0.914. The van der Waals surface area contributed by atoms with Crippen molar-refractivity contribution in [2.45, 2.75) is 51.6 Å². The van der Waals surface area contributed by atoms with Crippen molar-refractivity contribution in [2.24, 2.45) is 0 Å². The van der Waals surface area contributed by atoms with Crippen LogP contribution >= 0.6 is 11.3 Å². The first-order chi connectivity index (χ1) is 16.6. The molecular weight excluding hydrogens is 472 g/mol. The number of nitrogens with zero attached hydrogens (tertiary/aromatic N) is 1. The first-order valence-corrected chi connectivity index (χ1v) is 12.0. The Hall–Kier alpha value is -3.66. The van der Waals surface area contributed by atoms with Gasteiger partial charge in [0.1, 0.15) is 0 Å². The summed E-state index contributed by atoms with van der Waals surface area (Å²) >= 11 is 1.58. The second kappa shape index (κ2) is 9.53. The standard InChI is InChI=1S/C25H26N2O7S/c1-12(2)34-25(30)21-13(3)26-16-8-14(20-6-5-7-35-20)10-18(28)23(16)22(21)15-9-17(27(31)32)24(29)19(11-15)33-4/h5-7,9,11-12,14,22,26,29H,8,10H2,1-4H3/t14-,22-/m0/s1. The van der Waals surface area contributed by atoms with Gasteiger partial charge < -0.3 is 19.9 Å². The Morgan fingerprint density at radius 2 is 2.06 bits per heavy atom. The van der Waals surface area contributed by atoms with Crippen molar-refractivity contribution >= 4 is 28.8 Å². The van der Waals surface area contributed by atoms with Gasteiger partial charge in [0.25, 0.3) is 0 Å². The molecular formula is C25H26N2O7S. The van der Waals surface area contributed by atoms with Crippen LogP contribution in [-0.2, 0) is 14.3 Å². The number of nitrogens with one attached hydrogen (secondary N) is 1. The number of rotatable bonds is 6. The molecule has 0 saturated carbocycles. The number of dihydropyridines is 1. The lowest BCUT2D eigenvalue weighted by Gasteiger charge is -2.36. The lowest BCUT2D eigenvalue weighted by atomic mass is 9.72. The summed E-state index contributed by atoms with van der Waals surface area (Å²) in [5, 5.41) is 27.2.